The number of rotatable bonds is 6. The molecule has 1 aromatic heterocycles. The molecule has 0 amide bonds. The van der Waals surface area contributed by atoms with Gasteiger partial charge in [-0.15, -0.1) is 0 Å². The molecule has 0 saturated carbocycles. The second kappa shape index (κ2) is 7.62. The van der Waals surface area contributed by atoms with Gasteiger partial charge in [0.1, 0.15) is 0 Å². The molecule has 0 N–H and O–H groups in total. The van der Waals surface area contributed by atoms with Crippen molar-refractivity contribution in [3.05, 3.63) is 34.6 Å². The Hall–Kier alpha value is -1.84. The van der Waals surface area contributed by atoms with Crippen LogP contribution in [0.1, 0.15) is 25.7 Å². The zero-order valence-electron chi connectivity index (χ0n) is 12.9. The molecule has 1 aromatic carbocycles. The van der Waals surface area contributed by atoms with E-state index in [1.165, 1.54) is 0 Å². The van der Waals surface area contributed by atoms with Gasteiger partial charge in [0.15, 0.2) is 5.16 Å². The van der Waals surface area contributed by atoms with Crippen LogP contribution in [0.3, 0.4) is 0 Å². The lowest BCUT2D eigenvalue weighted by atomic mass is 10.2. The molecule has 1 fully saturated rings. The molecular formula is C17H19N3O2S. The van der Waals surface area contributed by atoms with Gasteiger partial charge in [0.05, 0.1) is 29.6 Å². The highest BCUT2D eigenvalue weighted by molar-refractivity contribution is 7.99. The van der Waals surface area contributed by atoms with Crippen LogP contribution in [0.4, 0.5) is 0 Å². The molecule has 120 valence electrons. The zero-order valence-corrected chi connectivity index (χ0v) is 13.7. The quantitative estimate of drug-likeness (QED) is 0.463. The van der Waals surface area contributed by atoms with Gasteiger partial charge >= 0.3 is 0 Å². The van der Waals surface area contributed by atoms with Crippen molar-refractivity contribution in [2.24, 2.45) is 0 Å². The molecule has 0 unspecified atom stereocenters. The molecule has 1 saturated heterocycles. The number of para-hydroxylation sites is 1. The van der Waals surface area contributed by atoms with E-state index < -0.39 is 0 Å². The number of benzene rings is 1. The van der Waals surface area contributed by atoms with Crippen molar-refractivity contribution < 1.29 is 4.74 Å². The van der Waals surface area contributed by atoms with Crippen LogP contribution in [-0.2, 0) is 11.3 Å². The van der Waals surface area contributed by atoms with Crippen molar-refractivity contribution >= 4 is 22.7 Å². The van der Waals surface area contributed by atoms with E-state index in [-0.39, 0.29) is 11.7 Å². The Morgan fingerprint density at radius 2 is 2.30 bits per heavy atom. The van der Waals surface area contributed by atoms with Gasteiger partial charge in [0, 0.05) is 18.8 Å². The number of hydrogen-bond donors (Lipinski definition) is 0. The first-order chi connectivity index (χ1) is 11.3. The van der Waals surface area contributed by atoms with Crippen LogP contribution >= 0.6 is 11.8 Å². The number of fused-ring (bicyclic) bond motifs is 1. The summed E-state index contributed by atoms with van der Waals surface area (Å²) in [6.07, 6.45) is 3.44. The summed E-state index contributed by atoms with van der Waals surface area (Å²) in [6, 6.07) is 9.59. The molecule has 1 aliphatic heterocycles. The predicted octanol–water partition coefficient (Wildman–Crippen LogP) is 2.97. The summed E-state index contributed by atoms with van der Waals surface area (Å²) in [6.45, 7) is 1.32. The Morgan fingerprint density at radius 1 is 1.43 bits per heavy atom. The topological polar surface area (TPSA) is 67.9 Å². The third kappa shape index (κ3) is 3.74. The minimum absolute atomic E-state index is 0.00566. The van der Waals surface area contributed by atoms with Crippen LogP contribution in [-0.4, -0.2) is 28.0 Å². The molecule has 0 spiro atoms. The number of aromatic nitrogens is 2. The van der Waals surface area contributed by atoms with Gasteiger partial charge in [-0.05, 0) is 31.4 Å². The third-order valence-corrected chi connectivity index (χ3v) is 4.96. The molecule has 2 aromatic rings. The first-order valence-electron chi connectivity index (χ1n) is 7.90. The van der Waals surface area contributed by atoms with E-state index in [4.69, 9.17) is 10.00 Å². The molecule has 5 nitrogen and oxygen atoms in total. The predicted molar refractivity (Wildman–Crippen MR) is 90.5 cm³/mol. The van der Waals surface area contributed by atoms with E-state index in [1.54, 1.807) is 16.3 Å². The smallest absolute Gasteiger partial charge is 0.262 e. The summed E-state index contributed by atoms with van der Waals surface area (Å²) >= 11 is 1.54. The van der Waals surface area contributed by atoms with Gasteiger partial charge in [-0.3, -0.25) is 9.36 Å². The highest BCUT2D eigenvalue weighted by Gasteiger charge is 2.20. The van der Waals surface area contributed by atoms with E-state index >= 15 is 0 Å². The maximum absolute atomic E-state index is 12.8. The first kappa shape index (κ1) is 16.0. The molecule has 0 radical (unpaired) electrons. The molecule has 6 heteroatoms. The number of ether oxygens (including phenoxy) is 1. The second-order valence-electron chi connectivity index (χ2n) is 5.57. The largest absolute Gasteiger partial charge is 0.376 e. The van der Waals surface area contributed by atoms with E-state index in [2.05, 4.69) is 11.1 Å². The highest BCUT2D eigenvalue weighted by atomic mass is 32.2. The maximum atomic E-state index is 12.8. The van der Waals surface area contributed by atoms with E-state index in [9.17, 15) is 4.79 Å². The number of nitrogens with zero attached hydrogens (tertiary/aromatic N) is 3. The summed E-state index contributed by atoms with van der Waals surface area (Å²) in [5, 5.41) is 10.0. The number of nitriles is 1. The van der Waals surface area contributed by atoms with Crippen LogP contribution in [0.25, 0.3) is 10.9 Å². The van der Waals surface area contributed by atoms with Crippen molar-refractivity contribution in [1.82, 2.24) is 9.55 Å². The van der Waals surface area contributed by atoms with Gasteiger partial charge in [0.2, 0.25) is 0 Å². The molecular weight excluding hydrogens is 310 g/mol. The molecule has 0 aliphatic carbocycles. The third-order valence-electron chi connectivity index (χ3n) is 3.90. The van der Waals surface area contributed by atoms with Crippen molar-refractivity contribution in [2.45, 2.75) is 43.5 Å². The Labute approximate surface area is 139 Å². The lowest BCUT2D eigenvalue weighted by Crippen LogP contribution is -2.28. The Morgan fingerprint density at radius 3 is 3.09 bits per heavy atom. The lowest BCUT2D eigenvalue weighted by molar-refractivity contribution is 0.0937. The van der Waals surface area contributed by atoms with Gasteiger partial charge in [-0.25, -0.2) is 4.98 Å². The zero-order chi connectivity index (χ0) is 16.1. The van der Waals surface area contributed by atoms with E-state index in [0.29, 0.717) is 18.4 Å². The van der Waals surface area contributed by atoms with Crippen molar-refractivity contribution in [1.29, 1.82) is 5.26 Å². The van der Waals surface area contributed by atoms with Crippen LogP contribution in [0.2, 0.25) is 0 Å². The summed E-state index contributed by atoms with van der Waals surface area (Å²) < 4.78 is 7.43. The van der Waals surface area contributed by atoms with Gasteiger partial charge in [-0.2, -0.15) is 5.26 Å². The number of thioether (sulfide) groups is 1. The lowest BCUT2D eigenvalue weighted by Gasteiger charge is -2.16. The van der Waals surface area contributed by atoms with E-state index in [1.807, 2.05) is 24.3 Å². The highest BCUT2D eigenvalue weighted by Crippen LogP contribution is 2.21. The molecule has 1 atom stereocenters. The summed E-state index contributed by atoms with van der Waals surface area (Å²) in [5.74, 6) is 0.782. The summed E-state index contributed by atoms with van der Waals surface area (Å²) in [4.78, 5) is 17.5. The van der Waals surface area contributed by atoms with Gasteiger partial charge < -0.3 is 4.74 Å². The average molecular weight is 329 g/mol. The average Bonchev–Trinajstić information content (AvgIpc) is 3.08. The fraction of sp³-hybridized carbons (Fsp3) is 0.471. The SMILES string of the molecule is N#CCCCSc1nc2ccccc2c(=O)n1C[C@H]1CCCO1. The Balaban J connectivity index is 1.93. The number of unbranched alkanes of at least 4 members (excludes halogenated alkanes) is 1. The van der Waals surface area contributed by atoms with Crippen molar-refractivity contribution in [2.75, 3.05) is 12.4 Å². The Bertz CT molecular complexity index is 775. The molecule has 2 heterocycles. The fourth-order valence-electron chi connectivity index (χ4n) is 2.73. The molecule has 3 rings (SSSR count). The fourth-order valence-corrected chi connectivity index (χ4v) is 3.67. The van der Waals surface area contributed by atoms with Crippen LogP contribution in [0, 0.1) is 11.3 Å². The monoisotopic (exact) mass is 329 g/mol. The molecule has 23 heavy (non-hydrogen) atoms. The van der Waals surface area contributed by atoms with E-state index in [0.717, 1.165) is 42.3 Å². The molecule has 1 aliphatic rings. The van der Waals surface area contributed by atoms with Crippen LogP contribution in [0.15, 0.2) is 34.2 Å². The normalized spacial score (nSPS) is 17.4. The van der Waals surface area contributed by atoms with Gasteiger partial charge in [0.25, 0.3) is 5.56 Å². The van der Waals surface area contributed by atoms with Gasteiger partial charge in [-0.1, -0.05) is 23.9 Å². The molecule has 0 bridgehead atoms. The van der Waals surface area contributed by atoms with Crippen LogP contribution in [0.5, 0.6) is 0 Å². The van der Waals surface area contributed by atoms with Crippen molar-refractivity contribution in [3.63, 3.8) is 0 Å². The standard InChI is InChI=1S/C17H19N3O2S/c18-9-3-4-11-23-17-19-15-8-2-1-7-14(15)16(21)20(17)12-13-6-5-10-22-13/h1-2,7-8,13H,3-6,10-12H2/t13-/m1/s1. The summed E-state index contributed by atoms with van der Waals surface area (Å²) in [5.41, 5.74) is 0.720. The first-order valence-corrected chi connectivity index (χ1v) is 8.89. The Kier molecular flexibility index (Phi) is 5.31. The van der Waals surface area contributed by atoms with Crippen molar-refractivity contribution in [3.8, 4) is 6.07 Å². The maximum Gasteiger partial charge on any atom is 0.262 e. The number of hydrogen-bond acceptors (Lipinski definition) is 5. The summed E-state index contributed by atoms with van der Waals surface area (Å²) in [7, 11) is 0. The second-order valence-corrected chi connectivity index (χ2v) is 6.63. The minimum atomic E-state index is -0.00566. The van der Waals surface area contributed by atoms with Crippen LogP contribution < -0.4 is 5.56 Å². The minimum Gasteiger partial charge on any atom is -0.376 e.